The number of H-pyrrole nitrogens is 1. The number of aromatic amines is 1. The smallest absolute Gasteiger partial charge is 0.305 e. The molecule has 1 aliphatic rings. The van der Waals surface area contributed by atoms with Crippen LogP contribution in [0.3, 0.4) is 0 Å². The fourth-order valence-corrected chi connectivity index (χ4v) is 4.90. The number of aromatic nitrogens is 2. The lowest BCUT2D eigenvalue weighted by atomic mass is 9.96. The van der Waals surface area contributed by atoms with Crippen LogP contribution in [-0.4, -0.2) is 52.1 Å². The van der Waals surface area contributed by atoms with Gasteiger partial charge in [0.15, 0.2) is 0 Å². The van der Waals surface area contributed by atoms with E-state index in [2.05, 4.69) is 75.4 Å². The van der Waals surface area contributed by atoms with Crippen molar-refractivity contribution in [1.82, 2.24) is 19.4 Å². The van der Waals surface area contributed by atoms with Crippen LogP contribution >= 0.6 is 11.6 Å². The zero-order valence-electron chi connectivity index (χ0n) is 18.0. The van der Waals surface area contributed by atoms with Crippen molar-refractivity contribution in [2.45, 2.75) is 12.6 Å². The average Bonchev–Trinajstić information content (AvgIpc) is 3.14. The molecule has 0 unspecified atom stereocenters. The van der Waals surface area contributed by atoms with Gasteiger partial charge in [0.1, 0.15) is 0 Å². The summed E-state index contributed by atoms with van der Waals surface area (Å²) >= 11 is 6.06. The van der Waals surface area contributed by atoms with E-state index in [0.29, 0.717) is 11.6 Å². The molecule has 0 saturated carbocycles. The van der Waals surface area contributed by atoms with Crippen LogP contribution in [0.1, 0.15) is 17.2 Å². The molecule has 5 rings (SSSR count). The summed E-state index contributed by atoms with van der Waals surface area (Å²) in [6, 6.07) is 27.3. The Balaban J connectivity index is 1.26. The minimum atomic E-state index is -0.0749. The number of nitrogens with one attached hydrogen (secondary N) is 1. The minimum Gasteiger partial charge on any atom is -0.305 e. The number of imidazole rings is 1. The lowest BCUT2D eigenvalue weighted by molar-refractivity contribution is 0.107. The third kappa shape index (κ3) is 4.37. The van der Waals surface area contributed by atoms with Crippen LogP contribution < -0.4 is 5.69 Å². The highest BCUT2D eigenvalue weighted by Crippen LogP contribution is 2.29. The Kier molecular flexibility index (Phi) is 6.12. The molecule has 0 amide bonds. The highest BCUT2D eigenvalue weighted by atomic mass is 35.5. The summed E-state index contributed by atoms with van der Waals surface area (Å²) < 4.78 is 1.81. The molecule has 2 heterocycles. The monoisotopic (exact) mass is 446 g/mol. The third-order valence-electron chi connectivity index (χ3n) is 6.38. The molecule has 0 aliphatic carbocycles. The van der Waals surface area contributed by atoms with Gasteiger partial charge in [-0.3, -0.25) is 14.4 Å². The van der Waals surface area contributed by atoms with Crippen molar-refractivity contribution in [3.05, 3.63) is 105 Å². The van der Waals surface area contributed by atoms with E-state index in [0.717, 1.165) is 43.8 Å². The molecule has 3 aromatic carbocycles. The first kappa shape index (κ1) is 21.0. The van der Waals surface area contributed by atoms with Gasteiger partial charge in [-0.15, -0.1) is 0 Å². The number of piperazine rings is 1. The minimum absolute atomic E-state index is 0.0749. The van der Waals surface area contributed by atoms with Crippen molar-refractivity contribution in [3.8, 4) is 0 Å². The second kappa shape index (κ2) is 9.33. The van der Waals surface area contributed by atoms with Gasteiger partial charge in [0, 0.05) is 44.3 Å². The number of rotatable bonds is 6. The first-order valence-electron chi connectivity index (χ1n) is 11.1. The summed E-state index contributed by atoms with van der Waals surface area (Å²) in [6.45, 7) is 5.48. The van der Waals surface area contributed by atoms with E-state index in [1.807, 2.05) is 16.7 Å². The van der Waals surface area contributed by atoms with E-state index < -0.39 is 0 Å². The maximum Gasteiger partial charge on any atom is 0.326 e. The van der Waals surface area contributed by atoms with E-state index in [4.69, 9.17) is 11.6 Å². The zero-order valence-corrected chi connectivity index (χ0v) is 18.7. The Morgan fingerprint density at radius 1 is 0.812 bits per heavy atom. The SMILES string of the molecule is O=c1[nH]c2cc(Cl)ccc2n1CCN1CCN(C(c2ccccc2)c2ccccc2)CC1. The first-order valence-corrected chi connectivity index (χ1v) is 11.5. The highest BCUT2D eigenvalue weighted by Gasteiger charge is 2.26. The molecule has 0 atom stereocenters. The van der Waals surface area contributed by atoms with E-state index in [1.165, 1.54) is 11.1 Å². The Morgan fingerprint density at radius 3 is 2.06 bits per heavy atom. The van der Waals surface area contributed by atoms with Gasteiger partial charge < -0.3 is 4.98 Å². The Hall–Kier alpha value is -2.86. The van der Waals surface area contributed by atoms with Crippen molar-refractivity contribution in [1.29, 1.82) is 0 Å². The quantitative estimate of drug-likeness (QED) is 0.477. The van der Waals surface area contributed by atoms with Crippen LogP contribution in [0.4, 0.5) is 0 Å². The van der Waals surface area contributed by atoms with Gasteiger partial charge >= 0.3 is 5.69 Å². The summed E-state index contributed by atoms with van der Waals surface area (Å²) in [7, 11) is 0. The molecule has 1 aromatic heterocycles. The van der Waals surface area contributed by atoms with Crippen LogP contribution in [0.5, 0.6) is 0 Å². The summed E-state index contributed by atoms with van der Waals surface area (Å²) in [6.07, 6.45) is 0. The second-order valence-corrected chi connectivity index (χ2v) is 8.78. The molecule has 0 bridgehead atoms. The summed E-state index contributed by atoms with van der Waals surface area (Å²) in [5, 5.41) is 0.633. The van der Waals surface area contributed by atoms with E-state index in [1.54, 1.807) is 6.07 Å². The number of nitrogens with zero attached hydrogens (tertiary/aromatic N) is 3. The molecular weight excluding hydrogens is 420 g/mol. The van der Waals surface area contributed by atoms with Gasteiger partial charge in [-0.1, -0.05) is 72.3 Å². The van der Waals surface area contributed by atoms with Crippen LogP contribution in [0.25, 0.3) is 11.0 Å². The van der Waals surface area contributed by atoms with Crippen molar-refractivity contribution >= 4 is 22.6 Å². The van der Waals surface area contributed by atoms with Gasteiger partial charge in [0.05, 0.1) is 17.1 Å². The Morgan fingerprint density at radius 2 is 1.44 bits per heavy atom. The summed E-state index contributed by atoms with van der Waals surface area (Å²) in [4.78, 5) is 20.3. The van der Waals surface area contributed by atoms with Crippen LogP contribution in [0, 0.1) is 0 Å². The molecule has 0 spiro atoms. The fourth-order valence-electron chi connectivity index (χ4n) is 4.73. The third-order valence-corrected chi connectivity index (χ3v) is 6.61. The van der Waals surface area contributed by atoms with Crippen molar-refractivity contribution in [2.24, 2.45) is 0 Å². The van der Waals surface area contributed by atoms with Crippen molar-refractivity contribution in [2.75, 3.05) is 32.7 Å². The molecule has 6 heteroatoms. The second-order valence-electron chi connectivity index (χ2n) is 8.34. The Bertz CT molecular complexity index is 1190. The van der Waals surface area contributed by atoms with Gasteiger partial charge in [0.25, 0.3) is 0 Å². The van der Waals surface area contributed by atoms with E-state index in [-0.39, 0.29) is 11.7 Å². The molecule has 1 N–H and O–H groups in total. The summed E-state index contributed by atoms with van der Waals surface area (Å²) in [5.41, 5.74) is 4.29. The molecule has 1 aliphatic heterocycles. The topological polar surface area (TPSA) is 44.3 Å². The number of benzene rings is 3. The maximum atomic E-state index is 12.4. The number of hydrogen-bond acceptors (Lipinski definition) is 3. The average molecular weight is 447 g/mol. The Labute approximate surface area is 192 Å². The maximum absolute atomic E-state index is 12.4. The molecule has 0 radical (unpaired) electrons. The van der Waals surface area contributed by atoms with E-state index >= 15 is 0 Å². The predicted molar refractivity (Wildman–Crippen MR) is 130 cm³/mol. The molecule has 1 fully saturated rings. The van der Waals surface area contributed by atoms with Gasteiger partial charge in [-0.05, 0) is 29.3 Å². The molecule has 164 valence electrons. The largest absolute Gasteiger partial charge is 0.326 e. The highest BCUT2D eigenvalue weighted by molar-refractivity contribution is 6.31. The van der Waals surface area contributed by atoms with Gasteiger partial charge in [-0.2, -0.15) is 0 Å². The zero-order chi connectivity index (χ0) is 21.9. The van der Waals surface area contributed by atoms with Crippen LogP contribution in [-0.2, 0) is 6.54 Å². The number of hydrogen-bond donors (Lipinski definition) is 1. The van der Waals surface area contributed by atoms with Crippen LogP contribution in [0.15, 0.2) is 83.7 Å². The van der Waals surface area contributed by atoms with Crippen LogP contribution in [0.2, 0.25) is 5.02 Å². The molecule has 4 aromatic rings. The van der Waals surface area contributed by atoms with Gasteiger partial charge in [-0.25, -0.2) is 4.79 Å². The summed E-state index contributed by atoms with van der Waals surface area (Å²) in [5.74, 6) is 0. The van der Waals surface area contributed by atoms with Crippen molar-refractivity contribution in [3.63, 3.8) is 0 Å². The molecule has 1 saturated heterocycles. The number of fused-ring (bicyclic) bond motifs is 1. The predicted octanol–water partition coefficient (Wildman–Crippen LogP) is 4.39. The standard InChI is InChI=1S/C26H27ClN4O/c27-22-11-12-24-23(19-22)28-26(32)31(24)18-15-29-13-16-30(17-14-29)25(20-7-3-1-4-8-20)21-9-5-2-6-10-21/h1-12,19,25H,13-18H2,(H,28,32). The molecular formula is C26H27ClN4O. The van der Waals surface area contributed by atoms with E-state index in [9.17, 15) is 4.79 Å². The molecule has 32 heavy (non-hydrogen) atoms. The number of halogens is 1. The first-order chi connectivity index (χ1) is 15.7. The normalized spacial score (nSPS) is 15.6. The lowest BCUT2D eigenvalue weighted by Gasteiger charge is -2.39. The lowest BCUT2D eigenvalue weighted by Crippen LogP contribution is -2.48. The molecule has 5 nitrogen and oxygen atoms in total. The fraction of sp³-hybridized carbons (Fsp3) is 0.269. The van der Waals surface area contributed by atoms with Gasteiger partial charge in [0.2, 0.25) is 0 Å². The van der Waals surface area contributed by atoms with Crippen molar-refractivity contribution < 1.29 is 0 Å².